The average Bonchev–Trinajstić information content (AvgIpc) is 2.87. The second-order valence-electron chi connectivity index (χ2n) is 7.29. The SMILES string of the molecule is C[C@H]1COc2cc(C(=O)NO)ccc2CN1C(=O)C1CCC(C)(C)O1. The molecule has 1 aromatic rings. The summed E-state index contributed by atoms with van der Waals surface area (Å²) >= 11 is 0. The molecular weight excluding hydrogens is 324 g/mol. The molecule has 1 fully saturated rings. The normalized spacial score (nSPS) is 24.9. The molecule has 0 radical (unpaired) electrons. The first-order valence-electron chi connectivity index (χ1n) is 8.49. The molecule has 1 saturated heterocycles. The number of amides is 2. The maximum absolute atomic E-state index is 12.9. The van der Waals surface area contributed by atoms with Crippen molar-refractivity contribution in [1.82, 2.24) is 10.4 Å². The predicted molar refractivity (Wildman–Crippen MR) is 89.4 cm³/mol. The Hall–Kier alpha value is -2.12. The van der Waals surface area contributed by atoms with Crippen LogP contribution in [0.15, 0.2) is 18.2 Å². The zero-order valence-corrected chi connectivity index (χ0v) is 14.7. The topological polar surface area (TPSA) is 88.1 Å². The molecule has 2 amide bonds. The fourth-order valence-electron chi connectivity index (χ4n) is 3.30. The number of ether oxygens (including phenoxy) is 2. The summed E-state index contributed by atoms with van der Waals surface area (Å²) in [4.78, 5) is 26.3. The minimum atomic E-state index is -0.599. The summed E-state index contributed by atoms with van der Waals surface area (Å²) in [5.41, 5.74) is 2.47. The van der Waals surface area contributed by atoms with Gasteiger partial charge in [0, 0.05) is 17.7 Å². The number of hydrogen-bond acceptors (Lipinski definition) is 5. The highest BCUT2D eigenvalue weighted by Gasteiger charge is 2.39. The van der Waals surface area contributed by atoms with E-state index in [2.05, 4.69) is 0 Å². The lowest BCUT2D eigenvalue weighted by atomic mass is 10.0. The second-order valence-corrected chi connectivity index (χ2v) is 7.29. The fourth-order valence-corrected chi connectivity index (χ4v) is 3.30. The number of nitrogens with one attached hydrogen (secondary N) is 1. The van der Waals surface area contributed by atoms with E-state index in [1.54, 1.807) is 28.6 Å². The second kappa shape index (κ2) is 6.65. The zero-order valence-electron chi connectivity index (χ0n) is 14.7. The van der Waals surface area contributed by atoms with E-state index < -0.39 is 12.0 Å². The largest absolute Gasteiger partial charge is 0.491 e. The van der Waals surface area contributed by atoms with Gasteiger partial charge < -0.3 is 14.4 Å². The molecule has 2 atom stereocenters. The molecule has 1 aromatic carbocycles. The van der Waals surface area contributed by atoms with E-state index in [1.165, 1.54) is 0 Å². The Morgan fingerprint density at radius 1 is 1.36 bits per heavy atom. The van der Waals surface area contributed by atoms with Crippen LogP contribution in [0.3, 0.4) is 0 Å². The summed E-state index contributed by atoms with van der Waals surface area (Å²) < 4.78 is 11.7. The van der Waals surface area contributed by atoms with Crippen molar-refractivity contribution in [3.8, 4) is 5.75 Å². The molecule has 0 aromatic heterocycles. The number of nitrogens with zero attached hydrogens (tertiary/aromatic N) is 1. The van der Waals surface area contributed by atoms with Crippen molar-refractivity contribution in [1.29, 1.82) is 0 Å². The van der Waals surface area contributed by atoms with Crippen LogP contribution in [0.1, 0.15) is 49.5 Å². The molecule has 0 bridgehead atoms. The molecule has 0 saturated carbocycles. The first-order chi connectivity index (χ1) is 11.8. The Morgan fingerprint density at radius 2 is 2.12 bits per heavy atom. The van der Waals surface area contributed by atoms with Crippen LogP contribution >= 0.6 is 0 Å². The van der Waals surface area contributed by atoms with Crippen LogP contribution in [-0.4, -0.2) is 46.3 Å². The molecule has 2 aliphatic heterocycles. The van der Waals surface area contributed by atoms with E-state index in [9.17, 15) is 9.59 Å². The molecule has 7 nitrogen and oxygen atoms in total. The van der Waals surface area contributed by atoms with E-state index in [1.807, 2.05) is 20.8 Å². The summed E-state index contributed by atoms with van der Waals surface area (Å²) in [6, 6.07) is 4.82. The minimum Gasteiger partial charge on any atom is -0.491 e. The van der Waals surface area contributed by atoms with Gasteiger partial charge in [-0.3, -0.25) is 14.8 Å². The standard InChI is InChI=1S/C18H24N2O5/c1-11-10-24-15-8-12(16(21)19-23)4-5-13(15)9-20(11)17(22)14-6-7-18(2,3)25-14/h4-5,8,11,14,23H,6-7,9-10H2,1-3H3,(H,19,21)/t11-,14?/m0/s1. The van der Waals surface area contributed by atoms with Crippen LogP contribution in [0, 0.1) is 0 Å². The average molecular weight is 348 g/mol. The molecule has 0 spiro atoms. The van der Waals surface area contributed by atoms with Crippen LogP contribution in [0.25, 0.3) is 0 Å². The third-order valence-corrected chi connectivity index (χ3v) is 4.81. The smallest absolute Gasteiger partial charge is 0.274 e. The van der Waals surface area contributed by atoms with E-state index in [0.717, 1.165) is 18.4 Å². The lowest BCUT2D eigenvalue weighted by Gasteiger charge is -2.29. The van der Waals surface area contributed by atoms with Crippen molar-refractivity contribution in [2.24, 2.45) is 0 Å². The summed E-state index contributed by atoms with van der Waals surface area (Å²) in [5, 5.41) is 8.76. The quantitative estimate of drug-likeness (QED) is 0.629. The number of carbonyl (C=O) groups excluding carboxylic acids is 2. The Kier molecular flexibility index (Phi) is 4.71. The maximum Gasteiger partial charge on any atom is 0.274 e. The zero-order chi connectivity index (χ0) is 18.2. The first-order valence-corrected chi connectivity index (χ1v) is 8.49. The van der Waals surface area contributed by atoms with Gasteiger partial charge in [0.2, 0.25) is 0 Å². The molecule has 1 unspecified atom stereocenters. The number of carbonyl (C=O) groups is 2. The molecule has 7 heteroatoms. The van der Waals surface area contributed by atoms with Crippen LogP contribution in [-0.2, 0) is 16.1 Å². The van der Waals surface area contributed by atoms with E-state index in [4.69, 9.17) is 14.7 Å². The van der Waals surface area contributed by atoms with Gasteiger partial charge in [0.25, 0.3) is 11.8 Å². The van der Waals surface area contributed by atoms with Gasteiger partial charge in [-0.05, 0) is 45.7 Å². The predicted octanol–water partition coefficient (Wildman–Crippen LogP) is 1.87. The molecule has 3 rings (SSSR count). The van der Waals surface area contributed by atoms with Crippen molar-refractivity contribution >= 4 is 11.8 Å². The summed E-state index contributed by atoms with van der Waals surface area (Å²) in [6.07, 6.45) is 1.16. The molecule has 2 heterocycles. The molecule has 0 aliphatic carbocycles. The van der Waals surface area contributed by atoms with Gasteiger partial charge in [-0.1, -0.05) is 6.07 Å². The number of hydrogen-bond donors (Lipinski definition) is 2. The lowest BCUT2D eigenvalue weighted by Crippen LogP contribution is -2.45. The molecular formula is C18H24N2O5. The molecule has 2 N–H and O–H groups in total. The monoisotopic (exact) mass is 348 g/mol. The van der Waals surface area contributed by atoms with E-state index in [-0.39, 0.29) is 17.6 Å². The minimum absolute atomic E-state index is 0.0216. The van der Waals surface area contributed by atoms with E-state index >= 15 is 0 Å². The fraction of sp³-hybridized carbons (Fsp3) is 0.556. The molecule has 136 valence electrons. The first kappa shape index (κ1) is 17.7. The van der Waals surface area contributed by atoms with Gasteiger partial charge in [0.15, 0.2) is 0 Å². The van der Waals surface area contributed by atoms with Gasteiger partial charge in [-0.2, -0.15) is 0 Å². The van der Waals surface area contributed by atoms with Crippen LogP contribution < -0.4 is 10.2 Å². The van der Waals surface area contributed by atoms with Crippen molar-refractivity contribution < 1.29 is 24.3 Å². The lowest BCUT2D eigenvalue weighted by molar-refractivity contribution is -0.149. The van der Waals surface area contributed by atoms with Crippen molar-refractivity contribution in [2.45, 2.75) is 57.9 Å². The summed E-state index contributed by atoms with van der Waals surface area (Å²) in [6.45, 7) is 6.66. The Morgan fingerprint density at radius 3 is 2.76 bits per heavy atom. The van der Waals surface area contributed by atoms with Crippen LogP contribution in [0.5, 0.6) is 5.75 Å². The van der Waals surface area contributed by atoms with Gasteiger partial charge in [-0.25, -0.2) is 5.48 Å². The Bertz CT molecular complexity index is 688. The Labute approximate surface area is 146 Å². The number of fused-ring (bicyclic) bond motifs is 1. The number of hydroxylamine groups is 1. The van der Waals surface area contributed by atoms with Gasteiger partial charge in [0.1, 0.15) is 18.5 Å². The van der Waals surface area contributed by atoms with Crippen molar-refractivity contribution in [2.75, 3.05) is 6.61 Å². The van der Waals surface area contributed by atoms with Crippen molar-refractivity contribution in [3.05, 3.63) is 29.3 Å². The molecule has 2 aliphatic rings. The highest BCUT2D eigenvalue weighted by molar-refractivity contribution is 5.93. The summed E-state index contributed by atoms with van der Waals surface area (Å²) in [7, 11) is 0. The summed E-state index contributed by atoms with van der Waals surface area (Å²) in [5.74, 6) is -0.0687. The number of rotatable bonds is 2. The van der Waals surface area contributed by atoms with Gasteiger partial charge in [-0.15, -0.1) is 0 Å². The third kappa shape index (κ3) is 3.62. The van der Waals surface area contributed by atoms with Gasteiger partial charge >= 0.3 is 0 Å². The highest BCUT2D eigenvalue weighted by Crippen LogP contribution is 2.32. The highest BCUT2D eigenvalue weighted by atomic mass is 16.5. The number of benzene rings is 1. The van der Waals surface area contributed by atoms with Gasteiger partial charge in [0.05, 0.1) is 11.6 Å². The maximum atomic E-state index is 12.9. The van der Waals surface area contributed by atoms with E-state index in [0.29, 0.717) is 24.5 Å². The molecule has 25 heavy (non-hydrogen) atoms. The van der Waals surface area contributed by atoms with Crippen molar-refractivity contribution in [3.63, 3.8) is 0 Å². The van der Waals surface area contributed by atoms with Crippen LogP contribution in [0.2, 0.25) is 0 Å². The Balaban J connectivity index is 1.81. The third-order valence-electron chi connectivity index (χ3n) is 4.81. The van der Waals surface area contributed by atoms with Crippen LogP contribution in [0.4, 0.5) is 0 Å².